The number of methoxy groups -OCH3 is 4. The fourth-order valence-corrected chi connectivity index (χ4v) is 9.82. The first kappa shape index (κ1) is 67.1. The fraction of sp³-hybridized carbons (Fsp3) is 0.619. The van der Waals surface area contributed by atoms with E-state index in [9.17, 15) is 28.8 Å². The Kier molecular flexibility index (Phi) is 27.3. The van der Waals surface area contributed by atoms with Crippen molar-refractivity contribution in [1.29, 1.82) is 0 Å². The van der Waals surface area contributed by atoms with Gasteiger partial charge in [0.1, 0.15) is 24.4 Å². The highest BCUT2D eigenvalue weighted by Crippen LogP contribution is 2.37. The number of esters is 2. The standard InChI is InChI=1S/C33H45NO8.C30H47NO8/c1-21(2)25(31(35)24-13-14-28(39-6)30(17-24)40-16-10-15-38-5)18-27(29-19-26(22(3)4)32(36)42-29)34-33(37)41-20-23-11-8-7-9-12-23;1-18(2)21(27(32)20-11-12-24(36-9)26(15-20)37-14-10-13-35-8)16-23(31-29(34)39-30(5,6)7)25-17-22(19(3)4)28(33)38-25/h7-9,11-14,17,21-22,25-27,29H,10,15-16,18-20H2,1-6H3,(H,34,37);11-12,15,18-19,21-23,25H,10,13-14,16-17H2,1-9H3,(H,31,34)/t25-,26-,27-,29-;21-,22-,23-,25-/m00/s1. The van der Waals surface area contributed by atoms with Crippen LogP contribution in [0.4, 0.5) is 9.59 Å². The van der Waals surface area contributed by atoms with Crippen LogP contribution in [0, 0.1) is 47.3 Å². The molecule has 0 radical (unpaired) electrons. The molecule has 0 aliphatic carbocycles. The Hall–Kier alpha value is -6.40. The van der Waals surface area contributed by atoms with E-state index >= 15 is 0 Å². The number of benzene rings is 3. The Morgan fingerprint density at radius 2 is 0.988 bits per heavy atom. The summed E-state index contributed by atoms with van der Waals surface area (Å²) >= 11 is 0. The third-order valence-corrected chi connectivity index (χ3v) is 14.5. The summed E-state index contributed by atoms with van der Waals surface area (Å²) < 4.78 is 55.3. The lowest BCUT2D eigenvalue weighted by Crippen LogP contribution is -2.47. The minimum Gasteiger partial charge on any atom is -0.493 e. The number of alkyl carbamates (subject to hydrolysis) is 2. The smallest absolute Gasteiger partial charge is 0.408 e. The molecule has 18 heteroatoms. The Balaban J connectivity index is 0.000000350. The molecular weight excluding hydrogens is 1040 g/mol. The van der Waals surface area contributed by atoms with Crippen molar-refractivity contribution >= 4 is 35.7 Å². The highest BCUT2D eigenvalue weighted by molar-refractivity contribution is 5.99. The summed E-state index contributed by atoms with van der Waals surface area (Å²) in [5.41, 5.74) is 1.12. The molecule has 2 heterocycles. The molecule has 18 nitrogen and oxygen atoms in total. The first-order chi connectivity index (χ1) is 38.4. The molecule has 81 heavy (non-hydrogen) atoms. The monoisotopic (exact) mass is 1130 g/mol. The van der Waals surface area contributed by atoms with Gasteiger partial charge in [0.15, 0.2) is 34.6 Å². The number of hydrogen-bond donors (Lipinski definition) is 2. The van der Waals surface area contributed by atoms with E-state index in [0.29, 0.717) is 86.2 Å². The summed E-state index contributed by atoms with van der Waals surface area (Å²) in [7, 11) is 6.37. The van der Waals surface area contributed by atoms with Gasteiger partial charge in [0.2, 0.25) is 0 Å². The molecule has 450 valence electrons. The van der Waals surface area contributed by atoms with Crippen LogP contribution in [0.25, 0.3) is 0 Å². The van der Waals surface area contributed by atoms with Gasteiger partial charge in [0.05, 0.1) is 51.4 Å². The van der Waals surface area contributed by atoms with E-state index in [2.05, 4.69) is 10.6 Å². The van der Waals surface area contributed by atoms with Crippen LogP contribution < -0.4 is 29.6 Å². The summed E-state index contributed by atoms with van der Waals surface area (Å²) in [6.45, 7) is 23.2. The van der Waals surface area contributed by atoms with Gasteiger partial charge < -0.3 is 58.0 Å². The minimum atomic E-state index is -0.697. The van der Waals surface area contributed by atoms with Crippen molar-refractivity contribution in [2.24, 2.45) is 47.3 Å². The van der Waals surface area contributed by atoms with Crippen LogP contribution in [-0.4, -0.2) is 120 Å². The van der Waals surface area contributed by atoms with Crippen molar-refractivity contribution in [2.45, 2.75) is 151 Å². The van der Waals surface area contributed by atoms with Crippen LogP contribution in [0.1, 0.15) is 141 Å². The van der Waals surface area contributed by atoms with Gasteiger partial charge in [0, 0.05) is 63.2 Å². The maximum atomic E-state index is 13.9. The second-order valence-corrected chi connectivity index (χ2v) is 23.2. The second-order valence-electron chi connectivity index (χ2n) is 23.2. The number of hydrogen-bond acceptors (Lipinski definition) is 16. The average Bonchev–Trinajstić information content (AvgIpc) is 4.02. The molecular formula is C63H92N2O16. The van der Waals surface area contributed by atoms with E-state index in [4.69, 9.17) is 47.4 Å². The summed E-state index contributed by atoms with van der Waals surface area (Å²) in [6, 6.07) is 18.5. The zero-order valence-electron chi connectivity index (χ0n) is 50.6. The van der Waals surface area contributed by atoms with Gasteiger partial charge in [-0.2, -0.15) is 0 Å². The number of carbonyl (C=O) groups is 6. The van der Waals surface area contributed by atoms with Gasteiger partial charge in [-0.3, -0.25) is 19.2 Å². The van der Waals surface area contributed by atoms with E-state index in [-0.39, 0.29) is 78.5 Å². The Bertz CT molecular complexity index is 2470. The molecule has 0 bridgehead atoms. The van der Waals surface area contributed by atoms with Crippen LogP contribution in [0.3, 0.4) is 0 Å². The van der Waals surface area contributed by atoms with Gasteiger partial charge in [-0.25, -0.2) is 9.59 Å². The molecule has 5 rings (SSSR count). The number of carbonyl (C=O) groups excluding carboxylic acids is 6. The number of ketones is 2. The van der Waals surface area contributed by atoms with Crippen molar-refractivity contribution in [3.63, 3.8) is 0 Å². The van der Waals surface area contributed by atoms with E-state index in [1.165, 1.54) is 0 Å². The molecule has 3 aromatic carbocycles. The van der Waals surface area contributed by atoms with E-state index in [1.807, 2.05) is 85.7 Å². The largest absolute Gasteiger partial charge is 0.493 e. The highest BCUT2D eigenvalue weighted by atomic mass is 16.6. The molecule has 0 unspecified atom stereocenters. The van der Waals surface area contributed by atoms with Crippen molar-refractivity contribution in [2.75, 3.05) is 54.9 Å². The van der Waals surface area contributed by atoms with Crippen LogP contribution in [0.5, 0.6) is 23.0 Å². The minimum absolute atomic E-state index is 0.0494. The lowest BCUT2D eigenvalue weighted by atomic mass is 9.80. The predicted molar refractivity (Wildman–Crippen MR) is 307 cm³/mol. The Morgan fingerprint density at radius 1 is 0.568 bits per heavy atom. The SMILES string of the molecule is COCCCOc1cc(C(=O)[C@@H](C[C@H](NC(=O)OC(C)(C)C)[C@@H]2C[C@@H](C(C)C)C(=O)O2)C(C)C)ccc1OC.COCCCOc1cc(C(=O)[C@@H](C[C@H](NC(=O)OCc2ccccc2)[C@@H]2C[C@@H](C(C)C)C(=O)O2)C(C)C)ccc1OC. The molecule has 2 fully saturated rings. The van der Waals surface area contributed by atoms with Crippen LogP contribution >= 0.6 is 0 Å². The number of ether oxygens (including phenoxy) is 10. The maximum absolute atomic E-state index is 13.9. The van der Waals surface area contributed by atoms with Crippen molar-refractivity contribution in [3.8, 4) is 23.0 Å². The molecule has 8 atom stereocenters. The zero-order chi connectivity index (χ0) is 60.0. The molecule has 0 spiro atoms. The topological polar surface area (TPSA) is 219 Å². The Morgan fingerprint density at radius 3 is 1.35 bits per heavy atom. The van der Waals surface area contributed by atoms with Gasteiger partial charge in [-0.1, -0.05) is 85.7 Å². The average molecular weight is 1130 g/mol. The van der Waals surface area contributed by atoms with Gasteiger partial charge in [-0.15, -0.1) is 0 Å². The fourth-order valence-electron chi connectivity index (χ4n) is 9.82. The summed E-state index contributed by atoms with van der Waals surface area (Å²) in [4.78, 5) is 78.7. The molecule has 0 saturated carbocycles. The van der Waals surface area contributed by atoms with E-state index < -0.39 is 53.9 Å². The first-order valence-electron chi connectivity index (χ1n) is 28.5. The predicted octanol–water partition coefficient (Wildman–Crippen LogP) is 11.3. The number of rotatable bonds is 30. The lowest BCUT2D eigenvalue weighted by Gasteiger charge is -2.30. The summed E-state index contributed by atoms with van der Waals surface area (Å²) in [6.07, 6.45) is 0.519. The van der Waals surface area contributed by atoms with Crippen molar-refractivity contribution in [3.05, 3.63) is 83.4 Å². The number of cyclic esters (lactones) is 2. The maximum Gasteiger partial charge on any atom is 0.408 e. The molecule has 2 saturated heterocycles. The van der Waals surface area contributed by atoms with E-state index in [1.54, 1.807) is 85.6 Å². The van der Waals surface area contributed by atoms with Crippen molar-refractivity contribution < 1.29 is 76.1 Å². The van der Waals surface area contributed by atoms with Crippen LogP contribution in [0.2, 0.25) is 0 Å². The van der Waals surface area contributed by atoms with E-state index in [0.717, 1.165) is 5.56 Å². The molecule has 2 aliphatic rings. The lowest BCUT2D eigenvalue weighted by molar-refractivity contribution is -0.147. The quantitative estimate of drug-likeness (QED) is 0.0274. The van der Waals surface area contributed by atoms with Gasteiger partial charge in [0.25, 0.3) is 0 Å². The molecule has 0 aromatic heterocycles. The molecule has 3 aromatic rings. The summed E-state index contributed by atoms with van der Waals surface area (Å²) in [5, 5.41) is 5.83. The third-order valence-electron chi connectivity index (χ3n) is 14.5. The highest BCUT2D eigenvalue weighted by Gasteiger charge is 2.45. The zero-order valence-corrected chi connectivity index (χ0v) is 50.6. The first-order valence-corrected chi connectivity index (χ1v) is 28.5. The number of amides is 2. The van der Waals surface area contributed by atoms with Crippen LogP contribution in [0.15, 0.2) is 66.7 Å². The normalized spacial score (nSPS) is 18.5. The Labute approximate surface area is 480 Å². The van der Waals surface area contributed by atoms with Gasteiger partial charge in [-0.05, 0) is 112 Å². The molecule has 2 amide bonds. The summed E-state index contributed by atoms with van der Waals surface area (Å²) in [5.74, 6) is -0.0906. The number of Topliss-reactive ketones (excluding diaryl/α,β-unsaturated/α-hetero) is 2. The third kappa shape index (κ3) is 21.1. The van der Waals surface area contributed by atoms with Crippen molar-refractivity contribution in [1.82, 2.24) is 10.6 Å². The molecule has 2 N–H and O–H groups in total. The second kappa shape index (κ2) is 32.9. The molecule has 2 aliphatic heterocycles. The van der Waals surface area contributed by atoms with Gasteiger partial charge >= 0.3 is 24.1 Å². The van der Waals surface area contributed by atoms with Crippen LogP contribution in [-0.2, 0) is 44.6 Å². The number of nitrogens with one attached hydrogen (secondary N) is 2.